The molecule has 2 aromatic heterocycles. The van der Waals surface area contributed by atoms with E-state index in [2.05, 4.69) is 15.3 Å². The van der Waals surface area contributed by atoms with E-state index in [1.165, 1.54) is 11.3 Å². The molecule has 29 heavy (non-hydrogen) atoms. The Bertz CT molecular complexity index is 1250. The molecule has 7 heteroatoms. The van der Waals surface area contributed by atoms with Crippen LogP contribution < -0.4 is 5.32 Å². The van der Waals surface area contributed by atoms with Crippen LogP contribution in [0.25, 0.3) is 17.0 Å². The van der Waals surface area contributed by atoms with Crippen LogP contribution in [0.2, 0.25) is 5.02 Å². The van der Waals surface area contributed by atoms with Crippen molar-refractivity contribution in [2.24, 2.45) is 0 Å². The monoisotopic (exact) mass is 418 g/mol. The second-order valence-electron chi connectivity index (χ2n) is 6.35. The first-order chi connectivity index (χ1) is 14.1. The largest absolute Gasteiger partial charge is 0.361 e. The van der Waals surface area contributed by atoms with Crippen LogP contribution in [-0.4, -0.2) is 15.9 Å². The molecule has 0 bridgehead atoms. The quantitative estimate of drug-likeness (QED) is 0.335. The molecule has 2 aromatic carbocycles. The minimum Gasteiger partial charge on any atom is -0.361 e. The molecule has 0 spiro atoms. The van der Waals surface area contributed by atoms with E-state index in [4.69, 9.17) is 11.6 Å². The van der Waals surface area contributed by atoms with Gasteiger partial charge < -0.3 is 4.98 Å². The van der Waals surface area contributed by atoms with Crippen LogP contribution in [0.1, 0.15) is 16.0 Å². The summed E-state index contributed by atoms with van der Waals surface area (Å²) >= 11 is 7.29. The molecule has 2 N–H and O–H groups in total. The van der Waals surface area contributed by atoms with Gasteiger partial charge >= 0.3 is 0 Å². The Morgan fingerprint density at radius 2 is 2.03 bits per heavy atom. The highest BCUT2D eigenvalue weighted by molar-refractivity contribution is 7.15. The van der Waals surface area contributed by atoms with Gasteiger partial charge in [0.2, 0.25) is 0 Å². The van der Waals surface area contributed by atoms with Gasteiger partial charge in [0.25, 0.3) is 5.91 Å². The van der Waals surface area contributed by atoms with E-state index in [9.17, 15) is 10.1 Å². The first-order valence-electron chi connectivity index (χ1n) is 8.81. The number of thiazole rings is 1. The zero-order valence-electron chi connectivity index (χ0n) is 15.1. The summed E-state index contributed by atoms with van der Waals surface area (Å²) in [6.45, 7) is 0. The van der Waals surface area contributed by atoms with Gasteiger partial charge in [-0.15, -0.1) is 11.3 Å². The third-order valence-corrected chi connectivity index (χ3v) is 5.52. The van der Waals surface area contributed by atoms with Crippen molar-refractivity contribution in [3.05, 3.63) is 87.5 Å². The summed E-state index contributed by atoms with van der Waals surface area (Å²) in [5.41, 5.74) is 2.86. The number of fused-ring (bicyclic) bond motifs is 1. The number of hydrogen-bond donors (Lipinski definition) is 2. The van der Waals surface area contributed by atoms with Crippen molar-refractivity contribution in [2.45, 2.75) is 6.42 Å². The second kappa shape index (κ2) is 8.31. The van der Waals surface area contributed by atoms with Crippen molar-refractivity contribution in [1.29, 1.82) is 5.26 Å². The van der Waals surface area contributed by atoms with Crippen LogP contribution in [0.4, 0.5) is 5.13 Å². The van der Waals surface area contributed by atoms with Crippen LogP contribution in [0.3, 0.4) is 0 Å². The summed E-state index contributed by atoms with van der Waals surface area (Å²) in [5.74, 6) is -0.481. The Labute approximate surface area is 176 Å². The smallest absolute Gasteiger partial charge is 0.268 e. The van der Waals surface area contributed by atoms with E-state index < -0.39 is 5.91 Å². The van der Waals surface area contributed by atoms with Crippen molar-refractivity contribution in [3.63, 3.8) is 0 Å². The van der Waals surface area contributed by atoms with Crippen molar-refractivity contribution in [1.82, 2.24) is 9.97 Å². The number of rotatable bonds is 5. The lowest BCUT2D eigenvalue weighted by molar-refractivity contribution is -0.112. The molecule has 0 unspecified atom stereocenters. The normalized spacial score (nSPS) is 11.4. The maximum atomic E-state index is 12.6. The molecular formula is C22H15ClN4OS. The zero-order valence-corrected chi connectivity index (χ0v) is 16.7. The summed E-state index contributed by atoms with van der Waals surface area (Å²) in [4.78, 5) is 20.9. The Morgan fingerprint density at radius 1 is 1.24 bits per heavy atom. The lowest BCUT2D eigenvalue weighted by Gasteiger charge is -2.00. The van der Waals surface area contributed by atoms with Crippen LogP contribution >= 0.6 is 22.9 Å². The lowest BCUT2D eigenvalue weighted by atomic mass is 10.1. The average molecular weight is 419 g/mol. The SMILES string of the molecule is N#C/C(=C\c1c[nH]c2ccccc12)C(=O)Nc1ncc(Cc2ccc(Cl)cc2)s1. The molecule has 0 aliphatic rings. The van der Waals surface area contributed by atoms with E-state index >= 15 is 0 Å². The molecule has 0 saturated heterocycles. The number of nitriles is 1. The number of aromatic amines is 1. The third-order valence-electron chi connectivity index (χ3n) is 4.35. The Morgan fingerprint density at radius 3 is 2.83 bits per heavy atom. The molecule has 5 nitrogen and oxygen atoms in total. The van der Waals surface area contributed by atoms with Gasteiger partial charge in [-0.2, -0.15) is 5.26 Å². The molecule has 142 valence electrons. The Hall–Kier alpha value is -3.40. The molecule has 0 atom stereocenters. The minimum atomic E-state index is -0.481. The number of para-hydroxylation sites is 1. The van der Waals surface area contributed by atoms with E-state index in [0.717, 1.165) is 26.9 Å². The predicted octanol–water partition coefficient (Wildman–Crippen LogP) is 5.41. The highest BCUT2D eigenvalue weighted by Gasteiger charge is 2.13. The maximum absolute atomic E-state index is 12.6. The number of nitrogens with zero attached hydrogens (tertiary/aromatic N) is 2. The van der Waals surface area contributed by atoms with Crippen LogP contribution in [0, 0.1) is 11.3 Å². The molecule has 0 aliphatic heterocycles. The molecular weight excluding hydrogens is 404 g/mol. The summed E-state index contributed by atoms with van der Waals surface area (Å²) in [6.07, 6.45) is 5.78. The number of carbonyl (C=O) groups is 1. The first kappa shape index (κ1) is 18.9. The number of carbonyl (C=O) groups excluding carboxylic acids is 1. The fourth-order valence-electron chi connectivity index (χ4n) is 2.93. The molecule has 4 rings (SSSR count). The molecule has 2 heterocycles. The van der Waals surface area contributed by atoms with Gasteiger partial charge in [-0.1, -0.05) is 41.9 Å². The van der Waals surface area contributed by atoms with Gasteiger partial charge in [-0.3, -0.25) is 10.1 Å². The van der Waals surface area contributed by atoms with Crippen molar-refractivity contribution in [3.8, 4) is 6.07 Å². The summed E-state index contributed by atoms with van der Waals surface area (Å²) in [7, 11) is 0. The fourth-order valence-corrected chi connectivity index (χ4v) is 3.90. The van der Waals surface area contributed by atoms with Gasteiger partial charge in [0.05, 0.1) is 0 Å². The fraction of sp³-hybridized carbons (Fsp3) is 0.0455. The number of anilines is 1. The third kappa shape index (κ3) is 4.37. The van der Waals surface area contributed by atoms with E-state index in [1.807, 2.05) is 54.6 Å². The van der Waals surface area contributed by atoms with E-state index in [-0.39, 0.29) is 5.57 Å². The summed E-state index contributed by atoms with van der Waals surface area (Å²) in [6, 6.07) is 17.3. The number of halogens is 1. The highest BCUT2D eigenvalue weighted by atomic mass is 35.5. The number of H-pyrrole nitrogens is 1. The maximum Gasteiger partial charge on any atom is 0.268 e. The van der Waals surface area contributed by atoms with Gasteiger partial charge in [-0.25, -0.2) is 4.98 Å². The summed E-state index contributed by atoms with van der Waals surface area (Å²) < 4.78 is 0. The minimum absolute atomic E-state index is 0.0178. The molecule has 0 fully saturated rings. The molecule has 0 saturated carbocycles. The van der Waals surface area contributed by atoms with Gasteiger partial charge in [0.15, 0.2) is 5.13 Å². The molecule has 0 radical (unpaired) electrons. The number of aromatic nitrogens is 2. The van der Waals surface area contributed by atoms with Crippen LogP contribution in [0.15, 0.2) is 66.5 Å². The van der Waals surface area contributed by atoms with Crippen LogP contribution in [-0.2, 0) is 11.2 Å². The van der Waals surface area contributed by atoms with Crippen molar-refractivity contribution < 1.29 is 4.79 Å². The van der Waals surface area contributed by atoms with Gasteiger partial charge in [0, 0.05) is 45.2 Å². The van der Waals surface area contributed by atoms with E-state index in [1.54, 1.807) is 18.5 Å². The van der Waals surface area contributed by atoms with Crippen molar-refractivity contribution >= 4 is 51.0 Å². The van der Waals surface area contributed by atoms with Gasteiger partial charge in [0.1, 0.15) is 11.6 Å². The van der Waals surface area contributed by atoms with E-state index in [0.29, 0.717) is 16.6 Å². The van der Waals surface area contributed by atoms with Gasteiger partial charge in [-0.05, 0) is 29.8 Å². The second-order valence-corrected chi connectivity index (χ2v) is 7.90. The van der Waals surface area contributed by atoms with Crippen molar-refractivity contribution in [2.75, 3.05) is 5.32 Å². The van der Waals surface area contributed by atoms with Crippen LogP contribution in [0.5, 0.6) is 0 Å². The molecule has 4 aromatic rings. The number of amides is 1. The first-order valence-corrected chi connectivity index (χ1v) is 10.0. The standard InChI is InChI=1S/C22H15ClN4OS/c23-17-7-5-14(6-8-17)9-18-13-26-22(29-18)27-21(28)15(11-24)10-16-12-25-20-4-2-1-3-19(16)20/h1-8,10,12-13,25H,9H2,(H,26,27,28)/b15-10+. The topological polar surface area (TPSA) is 81.6 Å². The predicted molar refractivity (Wildman–Crippen MR) is 117 cm³/mol. The Kier molecular flexibility index (Phi) is 5.43. The Balaban J connectivity index is 1.49. The zero-order chi connectivity index (χ0) is 20.2. The summed E-state index contributed by atoms with van der Waals surface area (Å²) in [5, 5.41) is 14.3. The average Bonchev–Trinajstić information content (AvgIpc) is 3.34. The number of hydrogen-bond acceptors (Lipinski definition) is 4. The number of benzene rings is 2. The number of nitrogens with one attached hydrogen (secondary N) is 2. The molecule has 1 amide bonds. The highest BCUT2D eigenvalue weighted by Crippen LogP contribution is 2.24. The molecule has 0 aliphatic carbocycles. The lowest BCUT2D eigenvalue weighted by Crippen LogP contribution is -2.13.